The Hall–Kier alpha value is -2.55. The van der Waals surface area contributed by atoms with E-state index >= 15 is 0 Å². The first-order valence-electron chi connectivity index (χ1n) is 6.20. The van der Waals surface area contributed by atoms with E-state index in [0.717, 1.165) is 0 Å². The van der Waals surface area contributed by atoms with E-state index in [1.54, 1.807) is 11.4 Å². The van der Waals surface area contributed by atoms with E-state index in [0.29, 0.717) is 16.1 Å². The van der Waals surface area contributed by atoms with Gasteiger partial charge in [-0.1, -0.05) is 0 Å². The first-order valence-corrected chi connectivity index (χ1v) is 7.08. The van der Waals surface area contributed by atoms with Crippen LogP contribution < -0.4 is 10.2 Å². The number of nitrogens with zero attached hydrogens (tertiary/aromatic N) is 1. The highest BCUT2D eigenvalue weighted by molar-refractivity contribution is 7.12. The van der Waals surface area contributed by atoms with Gasteiger partial charge in [0.25, 0.3) is 0 Å². The zero-order chi connectivity index (χ0) is 16.9. The van der Waals surface area contributed by atoms with E-state index in [1.165, 1.54) is 48.9 Å². The Bertz CT molecular complexity index is 696. The second-order valence-electron chi connectivity index (χ2n) is 4.14. The minimum atomic E-state index is -4.72. The summed E-state index contributed by atoms with van der Waals surface area (Å²) < 4.78 is 44.5. The molecule has 122 valence electrons. The van der Waals surface area contributed by atoms with Gasteiger partial charge in [0.05, 0.1) is 19.0 Å². The summed E-state index contributed by atoms with van der Waals surface area (Å²) in [4.78, 5) is 11.8. The van der Waals surface area contributed by atoms with Crippen LogP contribution in [0.2, 0.25) is 0 Å². The first-order chi connectivity index (χ1) is 10.9. The summed E-state index contributed by atoms with van der Waals surface area (Å²) in [5, 5.41) is 5.63. The quantitative estimate of drug-likeness (QED) is 0.508. The molecule has 2 aromatic rings. The van der Waals surface area contributed by atoms with Crippen LogP contribution in [0.4, 0.5) is 18.9 Å². The van der Waals surface area contributed by atoms with Gasteiger partial charge in [-0.2, -0.15) is 5.10 Å². The molecule has 0 fully saturated rings. The van der Waals surface area contributed by atoms with Crippen LogP contribution in [0.1, 0.15) is 15.2 Å². The lowest BCUT2D eigenvalue weighted by Gasteiger charge is -2.08. The molecule has 0 aliphatic carbocycles. The molecule has 0 saturated carbocycles. The third-order valence-electron chi connectivity index (χ3n) is 2.55. The van der Waals surface area contributed by atoms with E-state index in [2.05, 4.69) is 20.0 Å². The number of rotatable bonds is 5. The van der Waals surface area contributed by atoms with Gasteiger partial charge in [0, 0.05) is 0 Å². The van der Waals surface area contributed by atoms with Gasteiger partial charge in [0.15, 0.2) is 0 Å². The summed E-state index contributed by atoms with van der Waals surface area (Å²) in [5.74, 6) is -0.792. The Balaban J connectivity index is 1.99. The number of alkyl halides is 3. The number of hydrogen-bond donors (Lipinski definition) is 1. The Morgan fingerprint density at radius 2 is 1.96 bits per heavy atom. The molecule has 1 aromatic carbocycles. The molecule has 2 rings (SSSR count). The van der Waals surface area contributed by atoms with Gasteiger partial charge in [-0.05, 0) is 41.3 Å². The molecule has 1 heterocycles. The van der Waals surface area contributed by atoms with Gasteiger partial charge in [-0.15, -0.1) is 24.5 Å². The summed E-state index contributed by atoms with van der Waals surface area (Å²) >= 11 is 1.20. The number of hydrogen-bond acceptors (Lipinski definition) is 6. The maximum absolute atomic E-state index is 12.0. The number of halogens is 3. The van der Waals surface area contributed by atoms with E-state index < -0.39 is 12.3 Å². The Labute approximate surface area is 133 Å². The number of carbonyl (C=O) groups excluding carboxylic acids is 1. The third-order valence-corrected chi connectivity index (χ3v) is 3.44. The number of carbonyl (C=O) groups is 1. The minimum absolute atomic E-state index is 0.312. The summed E-state index contributed by atoms with van der Waals surface area (Å²) in [5.41, 5.74) is 3.72. The molecule has 9 heteroatoms. The average Bonchev–Trinajstić information content (AvgIpc) is 2.95. The second kappa shape index (κ2) is 7.14. The Morgan fingerprint density at radius 1 is 1.26 bits per heavy atom. The van der Waals surface area contributed by atoms with Crippen molar-refractivity contribution in [2.75, 3.05) is 12.5 Å². The van der Waals surface area contributed by atoms with Crippen LogP contribution in [0.3, 0.4) is 0 Å². The molecular weight excluding hydrogens is 333 g/mol. The van der Waals surface area contributed by atoms with Gasteiger partial charge in [-0.3, -0.25) is 5.43 Å². The van der Waals surface area contributed by atoms with Crippen molar-refractivity contribution in [3.8, 4) is 5.75 Å². The molecule has 0 aliphatic heterocycles. The number of hydrazone groups is 1. The molecule has 0 unspecified atom stereocenters. The topological polar surface area (TPSA) is 59.9 Å². The Kier molecular flexibility index (Phi) is 5.22. The zero-order valence-electron chi connectivity index (χ0n) is 11.8. The number of esters is 1. The van der Waals surface area contributed by atoms with Gasteiger partial charge in [0.2, 0.25) is 0 Å². The van der Waals surface area contributed by atoms with Crippen molar-refractivity contribution in [2.45, 2.75) is 6.36 Å². The van der Waals surface area contributed by atoms with Gasteiger partial charge < -0.3 is 9.47 Å². The van der Waals surface area contributed by atoms with Crippen LogP contribution in [0.25, 0.3) is 0 Å². The normalized spacial score (nSPS) is 11.5. The summed E-state index contributed by atoms with van der Waals surface area (Å²) in [6.45, 7) is 0. The Morgan fingerprint density at radius 3 is 2.57 bits per heavy atom. The van der Waals surface area contributed by atoms with Crippen LogP contribution in [-0.2, 0) is 4.74 Å². The number of thiophene rings is 1. The zero-order valence-corrected chi connectivity index (χ0v) is 12.6. The van der Waals surface area contributed by atoms with Gasteiger partial charge in [0.1, 0.15) is 10.6 Å². The van der Waals surface area contributed by atoms with Crippen molar-refractivity contribution in [1.82, 2.24) is 0 Å². The molecule has 5 nitrogen and oxygen atoms in total. The minimum Gasteiger partial charge on any atom is -0.465 e. The fraction of sp³-hybridized carbons (Fsp3) is 0.143. The van der Waals surface area contributed by atoms with Crippen molar-refractivity contribution in [3.05, 3.63) is 46.2 Å². The molecule has 0 bridgehead atoms. The third kappa shape index (κ3) is 4.99. The van der Waals surface area contributed by atoms with Crippen LogP contribution in [-0.4, -0.2) is 25.7 Å². The number of nitrogens with one attached hydrogen (secondary N) is 1. The lowest BCUT2D eigenvalue weighted by Crippen LogP contribution is -2.17. The van der Waals surface area contributed by atoms with Crippen molar-refractivity contribution in [3.63, 3.8) is 0 Å². The highest BCUT2D eigenvalue weighted by Crippen LogP contribution is 2.24. The van der Waals surface area contributed by atoms with Gasteiger partial charge in [-0.25, -0.2) is 4.79 Å². The standard InChI is InChI=1S/C14H11F3N2O3S/c1-21-13(20)12-11(6-7-23-12)19-18-8-9-2-4-10(5-3-9)22-14(15,16)17/h2-8,19H,1H3/b18-8+. The lowest BCUT2D eigenvalue weighted by atomic mass is 10.2. The number of anilines is 1. The largest absolute Gasteiger partial charge is 0.573 e. The van der Waals surface area contributed by atoms with Crippen molar-refractivity contribution in [1.29, 1.82) is 0 Å². The van der Waals surface area contributed by atoms with Crippen LogP contribution in [0.15, 0.2) is 40.8 Å². The maximum Gasteiger partial charge on any atom is 0.573 e. The summed E-state index contributed by atoms with van der Waals surface area (Å²) in [6, 6.07) is 6.86. The second-order valence-corrected chi connectivity index (χ2v) is 5.06. The molecule has 0 aliphatic rings. The first kappa shape index (κ1) is 16.8. The predicted octanol–water partition coefficient (Wildman–Crippen LogP) is 3.88. The molecule has 0 saturated heterocycles. The van der Waals surface area contributed by atoms with Crippen LogP contribution in [0, 0.1) is 0 Å². The SMILES string of the molecule is COC(=O)c1sccc1N/N=C/c1ccc(OC(F)(F)F)cc1. The average molecular weight is 344 g/mol. The van der Waals surface area contributed by atoms with E-state index in [9.17, 15) is 18.0 Å². The fourth-order valence-corrected chi connectivity index (χ4v) is 2.34. The molecule has 0 spiro atoms. The number of methoxy groups -OCH3 is 1. The van der Waals surface area contributed by atoms with Gasteiger partial charge >= 0.3 is 12.3 Å². The molecule has 0 radical (unpaired) electrons. The maximum atomic E-state index is 12.0. The molecule has 1 aromatic heterocycles. The summed E-state index contributed by atoms with van der Waals surface area (Å²) in [7, 11) is 1.28. The molecule has 0 atom stereocenters. The highest BCUT2D eigenvalue weighted by atomic mass is 32.1. The molecular formula is C14H11F3N2O3S. The highest BCUT2D eigenvalue weighted by Gasteiger charge is 2.30. The van der Waals surface area contributed by atoms with Crippen LogP contribution >= 0.6 is 11.3 Å². The van der Waals surface area contributed by atoms with E-state index in [-0.39, 0.29) is 5.75 Å². The smallest absolute Gasteiger partial charge is 0.465 e. The molecule has 0 amide bonds. The fourth-order valence-electron chi connectivity index (χ4n) is 1.58. The number of benzene rings is 1. The predicted molar refractivity (Wildman–Crippen MR) is 80.0 cm³/mol. The van der Waals surface area contributed by atoms with Crippen molar-refractivity contribution in [2.24, 2.45) is 5.10 Å². The van der Waals surface area contributed by atoms with E-state index in [4.69, 9.17) is 0 Å². The molecule has 23 heavy (non-hydrogen) atoms. The number of ether oxygens (including phenoxy) is 2. The van der Waals surface area contributed by atoms with Crippen LogP contribution in [0.5, 0.6) is 5.75 Å². The van der Waals surface area contributed by atoms with Crippen molar-refractivity contribution >= 4 is 29.2 Å². The van der Waals surface area contributed by atoms with E-state index in [1.807, 2.05) is 0 Å². The lowest BCUT2D eigenvalue weighted by molar-refractivity contribution is -0.274. The molecule has 1 N–H and O–H groups in total. The summed E-state index contributed by atoms with van der Waals surface area (Å²) in [6.07, 6.45) is -3.32. The van der Waals surface area contributed by atoms with Crippen molar-refractivity contribution < 1.29 is 27.4 Å². The monoisotopic (exact) mass is 344 g/mol.